The summed E-state index contributed by atoms with van der Waals surface area (Å²) in [5.74, 6) is 1.83. The fourth-order valence-corrected chi connectivity index (χ4v) is 0.570. The first-order chi connectivity index (χ1) is 5.22. The van der Waals surface area contributed by atoms with Gasteiger partial charge in [0, 0.05) is 13.0 Å². The van der Waals surface area contributed by atoms with Gasteiger partial charge in [0.25, 0.3) is 0 Å². The van der Waals surface area contributed by atoms with Gasteiger partial charge in [-0.1, -0.05) is 6.92 Å². The Labute approximate surface area is 66.8 Å². The van der Waals surface area contributed by atoms with Crippen molar-refractivity contribution in [3.05, 3.63) is 0 Å². The summed E-state index contributed by atoms with van der Waals surface area (Å²) >= 11 is 0. The molecule has 0 radical (unpaired) electrons. The summed E-state index contributed by atoms with van der Waals surface area (Å²) in [6.45, 7) is 2.52. The molecule has 1 amide bonds. The number of hydrogen-bond acceptors (Lipinski definition) is 2. The average molecular weight is 155 g/mol. The van der Waals surface area contributed by atoms with Crippen LogP contribution in [0.5, 0.6) is 0 Å². The van der Waals surface area contributed by atoms with Crippen molar-refractivity contribution in [3.8, 4) is 12.3 Å². The van der Waals surface area contributed by atoms with Crippen LogP contribution in [0.25, 0.3) is 0 Å². The van der Waals surface area contributed by atoms with Gasteiger partial charge in [-0.2, -0.15) is 0 Å². The lowest BCUT2D eigenvalue weighted by atomic mass is 10.2. The summed E-state index contributed by atoms with van der Waals surface area (Å²) in [5, 5.41) is 11.5. The molecule has 0 fully saturated rings. The van der Waals surface area contributed by atoms with E-state index in [2.05, 4.69) is 11.2 Å². The van der Waals surface area contributed by atoms with Gasteiger partial charge in [-0.25, -0.2) is 0 Å². The molecule has 0 heterocycles. The number of carbonyl (C=O) groups is 1. The van der Waals surface area contributed by atoms with Gasteiger partial charge in [-0.05, 0) is 6.42 Å². The van der Waals surface area contributed by atoms with Gasteiger partial charge in [-0.3, -0.25) is 4.79 Å². The van der Waals surface area contributed by atoms with Crippen LogP contribution < -0.4 is 5.32 Å². The van der Waals surface area contributed by atoms with Crippen LogP contribution >= 0.6 is 0 Å². The Kier molecular flexibility index (Phi) is 5.22. The van der Waals surface area contributed by atoms with Crippen LogP contribution in [-0.4, -0.2) is 23.7 Å². The molecule has 0 saturated carbocycles. The van der Waals surface area contributed by atoms with Crippen molar-refractivity contribution in [2.45, 2.75) is 25.9 Å². The maximum atomic E-state index is 10.8. The Hall–Kier alpha value is -1.01. The van der Waals surface area contributed by atoms with Crippen LogP contribution in [0.3, 0.4) is 0 Å². The molecule has 0 aromatic rings. The van der Waals surface area contributed by atoms with Gasteiger partial charge in [0.1, 0.15) is 6.10 Å². The molecule has 0 aliphatic carbocycles. The standard InChI is InChI=1S/C8H13NO2/c1-3-5-7(10)8(11)9-6-4-2/h1,7,10H,4-6H2,2H3,(H,9,11). The van der Waals surface area contributed by atoms with Crippen molar-refractivity contribution in [1.82, 2.24) is 5.32 Å². The van der Waals surface area contributed by atoms with Crippen LogP contribution in [0.2, 0.25) is 0 Å². The van der Waals surface area contributed by atoms with Gasteiger partial charge in [0.15, 0.2) is 0 Å². The van der Waals surface area contributed by atoms with E-state index in [-0.39, 0.29) is 12.3 Å². The van der Waals surface area contributed by atoms with Crippen LogP contribution in [0.4, 0.5) is 0 Å². The molecule has 11 heavy (non-hydrogen) atoms. The summed E-state index contributed by atoms with van der Waals surface area (Å²) in [6.07, 6.45) is 4.79. The molecule has 0 aliphatic rings. The summed E-state index contributed by atoms with van der Waals surface area (Å²) in [6, 6.07) is 0. The normalized spacial score (nSPS) is 11.7. The van der Waals surface area contributed by atoms with E-state index in [9.17, 15) is 4.79 Å². The molecule has 3 heteroatoms. The quantitative estimate of drug-likeness (QED) is 0.557. The lowest BCUT2D eigenvalue weighted by molar-refractivity contribution is -0.129. The van der Waals surface area contributed by atoms with Crippen molar-refractivity contribution in [2.75, 3.05) is 6.54 Å². The highest BCUT2D eigenvalue weighted by molar-refractivity contribution is 5.80. The van der Waals surface area contributed by atoms with E-state index >= 15 is 0 Å². The van der Waals surface area contributed by atoms with E-state index < -0.39 is 6.10 Å². The van der Waals surface area contributed by atoms with E-state index in [0.29, 0.717) is 6.54 Å². The van der Waals surface area contributed by atoms with Crippen molar-refractivity contribution >= 4 is 5.91 Å². The van der Waals surface area contributed by atoms with Crippen molar-refractivity contribution < 1.29 is 9.90 Å². The Morgan fingerprint density at radius 1 is 1.82 bits per heavy atom. The third-order valence-electron chi connectivity index (χ3n) is 1.16. The molecular formula is C8H13NO2. The molecule has 0 spiro atoms. The number of hydrogen-bond donors (Lipinski definition) is 2. The topological polar surface area (TPSA) is 49.3 Å². The molecule has 62 valence electrons. The lowest BCUT2D eigenvalue weighted by Gasteiger charge is -2.06. The second kappa shape index (κ2) is 5.75. The number of aliphatic hydroxyl groups excluding tert-OH is 1. The van der Waals surface area contributed by atoms with E-state index in [1.807, 2.05) is 6.92 Å². The van der Waals surface area contributed by atoms with Crippen LogP contribution in [-0.2, 0) is 4.79 Å². The van der Waals surface area contributed by atoms with Gasteiger partial charge >= 0.3 is 0 Å². The van der Waals surface area contributed by atoms with Crippen molar-refractivity contribution in [1.29, 1.82) is 0 Å². The van der Waals surface area contributed by atoms with Crippen molar-refractivity contribution in [3.63, 3.8) is 0 Å². The summed E-state index contributed by atoms with van der Waals surface area (Å²) in [5.41, 5.74) is 0. The second-order valence-electron chi connectivity index (χ2n) is 2.22. The molecule has 1 atom stereocenters. The lowest BCUT2D eigenvalue weighted by Crippen LogP contribution is -2.34. The maximum Gasteiger partial charge on any atom is 0.249 e. The minimum absolute atomic E-state index is 0.0789. The summed E-state index contributed by atoms with van der Waals surface area (Å²) in [4.78, 5) is 10.8. The van der Waals surface area contributed by atoms with Crippen LogP contribution in [0, 0.1) is 12.3 Å². The second-order valence-corrected chi connectivity index (χ2v) is 2.22. The fourth-order valence-electron chi connectivity index (χ4n) is 0.570. The number of carbonyl (C=O) groups excluding carboxylic acids is 1. The van der Waals surface area contributed by atoms with E-state index in [0.717, 1.165) is 6.42 Å². The van der Waals surface area contributed by atoms with Crippen molar-refractivity contribution in [2.24, 2.45) is 0 Å². The first-order valence-corrected chi connectivity index (χ1v) is 3.61. The third-order valence-corrected chi connectivity index (χ3v) is 1.16. The van der Waals surface area contributed by atoms with Crippen LogP contribution in [0.1, 0.15) is 19.8 Å². The minimum atomic E-state index is -1.05. The first kappa shape index (κ1) is 9.99. The number of amides is 1. The zero-order chi connectivity index (χ0) is 8.69. The number of nitrogens with one attached hydrogen (secondary N) is 1. The predicted octanol–water partition coefficient (Wildman–Crippen LogP) is -0.103. The molecule has 0 aromatic heterocycles. The highest BCUT2D eigenvalue weighted by Crippen LogP contribution is 1.88. The van der Waals surface area contributed by atoms with E-state index in [4.69, 9.17) is 11.5 Å². The molecule has 2 N–H and O–H groups in total. The minimum Gasteiger partial charge on any atom is -0.382 e. The van der Waals surface area contributed by atoms with Gasteiger partial charge in [-0.15, -0.1) is 12.3 Å². The Bertz CT molecular complexity index is 160. The number of rotatable bonds is 4. The molecule has 0 aliphatic heterocycles. The first-order valence-electron chi connectivity index (χ1n) is 3.61. The third kappa shape index (κ3) is 4.40. The molecule has 0 bridgehead atoms. The molecule has 3 nitrogen and oxygen atoms in total. The SMILES string of the molecule is C#CCC(O)C(=O)NCCC. The number of terminal acetylenes is 1. The fraction of sp³-hybridized carbons (Fsp3) is 0.625. The van der Waals surface area contributed by atoms with Gasteiger partial charge < -0.3 is 10.4 Å². The van der Waals surface area contributed by atoms with E-state index in [1.165, 1.54) is 0 Å². The van der Waals surface area contributed by atoms with Crippen LogP contribution in [0.15, 0.2) is 0 Å². The highest BCUT2D eigenvalue weighted by Gasteiger charge is 2.11. The molecule has 0 saturated heterocycles. The summed E-state index contributed by atoms with van der Waals surface area (Å²) < 4.78 is 0. The Balaban J connectivity index is 3.57. The Morgan fingerprint density at radius 3 is 2.91 bits per heavy atom. The highest BCUT2D eigenvalue weighted by atomic mass is 16.3. The molecule has 1 unspecified atom stereocenters. The zero-order valence-electron chi connectivity index (χ0n) is 6.63. The van der Waals surface area contributed by atoms with Gasteiger partial charge in [0.05, 0.1) is 0 Å². The smallest absolute Gasteiger partial charge is 0.249 e. The summed E-state index contributed by atoms with van der Waals surface area (Å²) in [7, 11) is 0. The van der Waals surface area contributed by atoms with Gasteiger partial charge in [0.2, 0.25) is 5.91 Å². The van der Waals surface area contributed by atoms with E-state index in [1.54, 1.807) is 0 Å². The monoisotopic (exact) mass is 155 g/mol. The predicted molar refractivity (Wildman–Crippen MR) is 42.8 cm³/mol. The molecule has 0 rings (SSSR count). The zero-order valence-corrected chi connectivity index (χ0v) is 6.63. The number of aliphatic hydroxyl groups is 1. The Morgan fingerprint density at radius 2 is 2.45 bits per heavy atom. The maximum absolute atomic E-state index is 10.8. The average Bonchev–Trinajstić information content (AvgIpc) is 2.00. The molecule has 0 aromatic carbocycles. The molecular weight excluding hydrogens is 142 g/mol. The largest absolute Gasteiger partial charge is 0.382 e.